The molecule has 0 spiro atoms. The van der Waals surface area contributed by atoms with Crippen molar-refractivity contribution in [1.29, 1.82) is 0 Å². The average molecular weight is 165 g/mol. The molecule has 0 heterocycles. The molecule has 0 fully saturated rings. The van der Waals surface area contributed by atoms with Crippen molar-refractivity contribution in [1.82, 2.24) is 0 Å². The molecule has 0 amide bonds. The molecule has 0 aromatic heterocycles. The minimum absolute atomic E-state index is 0.174. The Morgan fingerprint density at radius 1 is 1.60 bits per heavy atom. The molecule has 0 N–H and O–H groups in total. The van der Waals surface area contributed by atoms with Gasteiger partial charge in [-0.05, 0) is 6.92 Å². The Hall–Kier alpha value is -0.0800. The molecule has 0 saturated carbocycles. The Labute approximate surface area is 67.5 Å². The smallest absolute Gasteiger partial charge is 0.143 e. The molecule has 2 nitrogen and oxygen atoms in total. The fraction of sp³-hybridized carbons (Fsp3) is 0.857. The number of halogens is 1. The minimum atomic E-state index is -0.174. The first-order valence-electron chi connectivity index (χ1n) is 3.42. The van der Waals surface area contributed by atoms with E-state index < -0.39 is 0 Å². The van der Waals surface area contributed by atoms with E-state index in [1.54, 1.807) is 0 Å². The molecular weight excluding hydrogens is 150 g/mol. The third kappa shape index (κ3) is 6.05. The van der Waals surface area contributed by atoms with Crippen molar-refractivity contribution in [2.75, 3.05) is 20.7 Å². The first-order chi connectivity index (χ1) is 4.66. The predicted octanol–water partition coefficient (Wildman–Crippen LogP) is 1.32. The van der Waals surface area contributed by atoms with Gasteiger partial charge in [0.05, 0.1) is 6.42 Å². The molecule has 0 saturated heterocycles. The van der Waals surface area contributed by atoms with Gasteiger partial charge in [0.25, 0.3) is 0 Å². The summed E-state index contributed by atoms with van der Waals surface area (Å²) in [6.45, 7) is 2.61. The molecule has 0 aliphatic carbocycles. The van der Waals surface area contributed by atoms with Crippen molar-refractivity contribution in [3.8, 4) is 0 Å². The first-order valence-corrected chi connectivity index (χ1v) is 3.86. The van der Waals surface area contributed by atoms with Crippen molar-refractivity contribution in [2.24, 2.45) is 0 Å². The third-order valence-corrected chi connectivity index (χ3v) is 1.31. The number of ether oxygens (including phenoxy) is 1. The van der Waals surface area contributed by atoms with Crippen LogP contribution in [0.2, 0.25) is 0 Å². The average Bonchev–Trinajstić information content (AvgIpc) is 1.85. The van der Waals surface area contributed by atoms with Crippen molar-refractivity contribution >= 4 is 17.8 Å². The molecule has 0 aromatic carbocycles. The maximum Gasteiger partial charge on any atom is 0.143 e. The summed E-state index contributed by atoms with van der Waals surface area (Å²) in [7, 11) is 3.94. The molecule has 1 unspecified atom stereocenters. The maximum atomic E-state index is 5.74. The van der Waals surface area contributed by atoms with E-state index in [0.29, 0.717) is 6.61 Å². The van der Waals surface area contributed by atoms with Crippen LogP contribution in [-0.2, 0) is 4.74 Å². The van der Waals surface area contributed by atoms with Crippen LogP contribution in [-0.4, -0.2) is 37.1 Å². The van der Waals surface area contributed by atoms with Crippen LogP contribution in [0.25, 0.3) is 0 Å². The summed E-state index contributed by atoms with van der Waals surface area (Å²) < 4.78 is 7.07. The molecule has 0 radical (unpaired) electrons. The SMILES string of the molecule is CCOC(Cl)CC=[N+](C)C. The normalized spacial score (nSPS) is 12.8. The largest absolute Gasteiger partial charge is 0.362 e. The van der Waals surface area contributed by atoms with Crippen LogP contribution >= 0.6 is 11.6 Å². The zero-order chi connectivity index (χ0) is 7.98. The number of hydrogen-bond acceptors (Lipinski definition) is 1. The van der Waals surface area contributed by atoms with Gasteiger partial charge in [-0.3, -0.25) is 0 Å². The number of nitrogens with zero attached hydrogens (tertiary/aromatic N) is 1. The summed E-state index contributed by atoms with van der Waals surface area (Å²) >= 11 is 5.74. The number of hydrogen-bond donors (Lipinski definition) is 0. The highest BCUT2D eigenvalue weighted by Gasteiger charge is 2.01. The van der Waals surface area contributed by atoms with Gasteiger partial charge in [-0.15, -0.1) is 0 Å². The molecule has 60 valence electrons. The zero-order valence-electron chi connectivity index (χ0n) is 6.80. The van der Waals surface area contributed by atoms with Gasteiger partial charge >= 0.3 is 0 Å². The van der Waals surface area contributed by atoms with Crippen LogP contribution in [0.4, 0.5) is 0 Å². The Morgan fingerprint density at radius 3 is 2.60 bits per heavy atom. The Balaban J connectivity index is 3.38. The summed E-state index contributed by atoms with van der Waals surface area (Å²) in [4.78, 5) is 0. The fourth-order valence-corrected chi connectivity index (χ4v) is 0.748. The number of alkyl halides is 1. The van der Waals surface area contributed by atoms with Crippen molar-refractivity contribution in [2.45, 2.75) is 18.9 Å². The van der Waals surface area contributed by atoms with E-state index in [2.05, 4.69) is 0 Å². The molecular formula is C7H15ClNO+. The topological polar surface area (TPSA) is 12.2 Å². The van der Waals surface area contributed by atoms with E-state index in [4.69, 9.17) is 16.3 Å². The Kier molecular flexibility index (Phi) is 5.64. The van der Waals surface area contributed by atoms with Gasteiger partial charge in [0.15, 0.2) is 0 Å². The summed E-state index contributed by atoms with van der Waals surface area (Å²) in [5.74, 6) is 0. The maximum absolute atomic E-state index is 5.74. The predicted molar refractivity (Wildman–Crippen MR) is 44.1 cm³/mol. The van der Waals surface area contributed by atoms with E-state index >= 15 is 0 Å². The first kappa shape index (κ1) is 9.92. The van der Waals surface area contributed by atoms with Crippen LogP contribution in [0.5, 0.6) is 0 Å². The Morgan fingerprint density at radius 2 is 2.20 bits per heavy atom. The summed E-state index contributed by atoms with van der Waals surface area (Å²) in [5.41, 5.74) is -0.174. The lowest BCUT2D eigenvalue weighted by atomic mass is 10.5. The third-order valence-electron chi connectivity index (χ3n) is 1.00. The molecule has 0 aliphatic heterocycles. The molecule has 1 atom stereocenters. The lowest BCUT2D eigenvalue weighted by Crippen LogP contribution is -2.09. The van der Waals surface area contributed by atoms with Crippen LogP contribution in [0.15, 0.2) is 0 Å². The van der Waals surface area contributed by atoms with E-state index in [0.717, 1.165) is 6.42 Å². The minimum Gasteiger partial charge on any atom is -0.362 e. The van der Waals surface area contributed by atoms with Gasteiger partial charge in [0.1, 0.15) is 25.9 Å². The Bertz CT molecular complexity index is 110. The molecule has 0 rings (SSSR count). The molecule has 10 heavy (non-hydrogen) atoms. The monoisotopic (exact) mass is 164 g/mol. The van der Waals surface area contributed by atoms with Gasteiger partial charge in [-0.2, -0.15) is 0 Å². The number of rotatable bonds is 4. The summed E-state index contributed by atoms with van der Waals surface area (Å²) in [6, 6.07) is 0. The van der Waals surface area contributed by atoms with Gasteiger partial charge < -0.3 is 4.74 Å². The molecule has 0 aliphatic rings. The van der Waals surface area contributed by atoms with Gasteiger partial charge in [0.2, 0.25) is 0 Å². The van der Waals surface area contributed by atoms with E-state index in [1.165, 1.54) is 0 Å². The lowest BCUT2D eigenvalue weighted by molar-refractivity contribution is -0.460. The zero-order valence-corrected chi connectivity index (χ0v) is 7.56. The fourth-order valence-electron chi connectivity index (χ4n) is 0.543. The standard InChI is InChI=1S/C7H15ClNO/c1-4-10-7(8)5-6-9(2)3/h6-7H,4-5H2,1-3H3/q+1. The second-order valence-electron chi connectivity index (χ2n) is 2.25. The van der Waals surface area contributed by atoms with Crippen molar-refractivity contribution < 1.29 is 9.31 Å². The second kappa shape index (κ2) is 5.69. The van der Waals surface area contributed by atoms with Gasteiger partial charge in [0, 0.05) is 6.61 Å². The molecule has 0 aromatic rings. The van der Waals surface area contributed by atoms with Crippen LogP contribution in [0.1, 0.15) is 13.3 Å². The lowest BCUT2D eigenvalue weighted by Gasteiger charge is -2.03. The van der Waals surface area contributed by atoms with E-state index in [-0.39, 0.29) is 5.56 Å². The van der Waals surface area contributed by atoms with Gasteiger partial charge in [-0.25, -0.2) is 4.58 Å². The van der Waals surface area contributed by atoms with E-state index in [1.807, 2.05) is 31.8 Å². The highest BCUT2D eigenvalue weighted by molar-refractivity contribution is 6.20. The highest BCUT2D eigenvalue weighted by Crippen LogP contribution is 2.00. The second-order valence-corrected chi connectivity index (χ2v) is 2.73. The summed E-state index contributed by atoms with van der Waals surface area (Å²) in [5, 5.41) is 0. The van der Waals surface area contributed by atoms with Crippen molar-refractivity contribution in [3.63, 3.8) is 0 Å². The van der Waals surface area contributed by atoms with Crippen LogP contribution in [0.3, 0.4) is 0 Å². The van der Waals surface area contributed by atoms with E-state index in [9.17, 15) is 0 Å². The van der Waals surface area contributed by atoms with Crippen LogP contribution < -0.4 is 0 Å². The van der Waals surface area contributed by atoms with Gasteiger partial charge in [-0.1, -0.05) is 11.6 Å². The molecule has 0 bridgehead atoms. The van der Waals surface area contributed by atoms with Crippen LogP contribution in [0, 0.1) is 0 Å². The summed E-state index contributed by atoms with van der Waals surface area (Å²) in [6.07, 6.45) is 2.76. The quantitative estimate of drug-likeness (QED) is 0.347. The van der Waals surface area contributed by atoms with Crippen molar-refractivity contribution in [3.05, 3.63) is 0 Å². The highest BCUT2D eigenvalue weighted by atomic mass is 35.5. The molecule has 3 heteroatoms.